The normalized spacial score (nSPS) is 16.6. The van der Waals surface area contributed by atoms with Crippen molar-refractivity contribution in [3.63, 3.8) is 0 Å². The van der Waals surface area contributed by atoms with E-state index in [-0.39, 0.29) is 35.1 Å². The minimum absolute atomic E-state index is 0. The summed E-state index contributed by atoms with van der Waals surface area (Å²) in [4.78, 5) is 15.4. The van der Waals surface area contributed by atoms with Gasteiger partial charge in [-0.15, -0.1) is 0 Å². The Morgan fingerprint density at radius 3 is 1.48 bits per heavy atom. The zero-order valence-electron chi connectivity index (χ0n) is 19.7. The van der Waals surface area contributed by atoms with E-state index in [0.717, 1.165) is 11.6 Å². The van der Waals surface area contributed by atoms with E-state index in [9.17, 15) is 4.79 Å². The first kappa shape index (κ1) is 28.1. The zero-order valence-corrected chi connectivity index (χ0v) is 21.7. The fraction of sp³-hybridized carbons (Fsp3) is 0.207. The molecule has 0 bridgehead atoms. The standard InChI is InChI=1S/C24H27NOP.C5H5.Fe/c1-18(2)25(19(3)4)24(26)22-16-11-17-23(22)27(20-12-7-5-8-13-20)21-14-9-6-10-15-21;1-2-4-5-3-1;/h5-19H,1-4H3;1-5H;/q;;+2. The van der Waals surface area contributed by atoms with Gasteiger partial charge in [0, 0.05) is 17.7 Å². The van der Waals surface area contributed by atoms with E-state index in [1.54, 1.807) is 0 Å². The number of hydrogen-bond donors (Lipinski definition) is 0. The number of hydrogen-bond acceptors (Lipinski definition) is 1. The van der Waals surface area contributed by atoms with E-state index in [4.69, 9.17) is 0 Å². The van der Waals surface area contributed by atoms with E-state index in [2.05, 4.69) is 82.6 Å². The third-order valence-electron chi connectivity index (χ3n) is 5.20. The third-order valence-corrected chi connectivity index (χ3v) is 7.70. The summed E-state index contributed by atoms with van der Waals surface area (Å²) in [7, 11) is -0.773. The first-order valence-corrected chi connectivity index (χ1v) is 12.5. The molecule has 2 nitrogen and oxygen atoms in total. The van der Waals surface area contributed by atoms with E-state index in [1.807, 2.05) is 62.0 Å². The van der Waals surface area contributed by atoms with Gasteiger partial charge in [0.25, 0.3) is 0 Å². The second kappa shape index (κ2) is 14.3. The van der Waals surface area contributed by atoms with Crippen LogP contribution < -0.4 is 10.6 Å². The van der Waals surface area contributed by atoms with Crippen LogP contribution >= 0.6 is 7.92 Å². The molecule has 33 heavy (non-hydrogen) atoms. The van der Waals surface area contributed by atoms with Crippen molar-refractivity contribution in [2.24, 2.45) is 0 Å². The Morgan fingerprint density at radius 1 is 0.667 bits per heavy atom. The number of benzene rings is 2. The summed E-state index contributed by atoms with van der Waals surface area (Å²) in [5.74, 6) is 0.954. The van der Waals surface area contributed by atoms with Crippen LogP contribution in [0.1, 0.15) is 27.7 Å². The summed E-state index contributed by atoms with van der Waals surface area (Å²) in [6.45, 7) is 8.32. The number of amides is 1. The van der Waals surface area contributed by atoms with E-state index >= 15 is 0 Å². The molecule has 2 aliphatic carbocycles. The molecule has 2 aromatic rings. The summed E-state index contributed by atoms with van der Waals surface area (Å²) in [6.07, 6.45) is 16.1. The van der Waals surface area contributed by atoms with Crippen LogP contribution in [0.2, 0.25) is 0 Å². The number of nitrogens with zero attached hydrogens (tertiary/aromatic N) is 1. The largest absolute Gasteiger partial charge is 2.00 e. The molecule has 0 aromatic heterocycles. The van der Waals surface area contributed by atoms with Crippen LogP contribution in [0.25, 0.3) is 0 Å². The molecule has 170 valence electrons. The van der Waals surface area contributed by atoms with Crippen LogP contribution in [0.3, 0.4) is 0 Å². The molecule has 0 unspecified atom stereocenters. The molecule has 2 aliphatic rings. The van der Waals surface area contributed by atoms with Crippen molar-refractivity contribution in [2.75, 3.05) is 0 Å². The predicted octanol–water partition coefficient (Wildman–Crippen LogP) is 5.52. The number of carbonyl (C=O) groups is 1. The van der Waals surface area contributed by atoms with E-state index in [0.29, 0.717) is 0 Å². The van der Waals surface area contributed by atoms with E-state index < -0.39 is 7.92 Å². The van der Waals surface area contributed by atoms with Gasteiger partial charge in [-0.3, -0.25) is 4.79 Å². The van der Waals surface area contributed by atoms with Gasteiger partial charge in [0.15, 0.2) is 0 Å². The van der Waals surface area contributed by atoms with Crippen molar-refractivity contribution < 1.29 is 21.9 Å². The Balaban J connectivity index is 0.000000568. The van der Waals surface area contributed by atoms with Crippen LogP contribution in [0.5, 0.6) is 0 Å². The van der Waals surface area contributed by atoms with Crippen LogP contribution in [0, 0.1) is 62.9 Å². The second-order valence-electron chi connectivity index (χ2n) is 8.19. The first-order chi connectivity index (χ1) is 15.5. The summed E-state index contributed by atoms with van der Waals surface area (Å²) in [5, 5.41) is 2.53. The van der Waals surface area contributed by atoms with Crippen LogP contribution in [-0.2, 0) is 21.9 Å². The average molecular weight is 497 g/mol. The average Bonchev–Trinajstić information content (AvgIpc) is 3.51. The van der Waals surface area contributed by atoms with Gasteiger partial charge < -0.3 is 4.90 Å². The zero-order chi connectivity index (χ0) is 22.9. The molecule has 1 amide bonds. The van der Waals surface area contributed by atoms with Crippen LogP contribution in [-0.4, -0.2) is 22.9 Å². The number of carbonyl (C=O) groups excluding carboxylic acids is 1. The van der Waals surface area contributed by atoms with Gasteiger partial charge in [-0.2, -0.15) is 0 Å². The summed E-state index contributed by atoms with van der Waals surface area (Å²) in [6, 6.07) is 21.4. The van der Waals surface area contributed by atoms with Gasteiger partial charge in [0.2, 0.25) is 5.91 Å². The van der Waals surface area contributed by atoms with Crippen molar-refractivity contribution in [2.45, 2.75) is 39.8 Å². The van der Waals surface area contributed by atoms with Crippen molar-refractivity contribution in [3.05, 3.63) is 124 Å². The van der Waals surface area contributed by atoms with Crippen molar-refractivity contribution in [1.29, 1.82) is 0 Å². The Labute approximate surface area is 214 Å². The molecule has 2 fully saturated rings. The Bertz CT molecular complexity index is 752. The molecule has 0 aliphatic heterocycles. The SMILES string of the molecule is CC(C)N(C(=O)[C]1[CH][CH][CH][C]1P(c1ccccc1)c1ccccc1)C(C)C.[CH]1[CH][CH][CH][CH]1.[Fe+2]. The molecule has 0 saturated heterocycles. The van der Waals surface area contributed by atoms with Gasteiger partial charge >= 0.3 is 17.1 Å². The Kier molecular flexibility index (Phi) is 12.2. The molecule has 10 radical (unpaired) electrons. The smallest absolute Gasteiger partial charge is 0.337 e. The molecule has 0 heterocycles. The van der Waals surface area contributed by atoms with Gasteiger partial charge in [0.05, 0.1) is 5.92 Å². The van der Waals surface area contributed by atoms with Crippen molar-refractivity contribution in [3.8, 4) is 0 Å². The van der Waals surface area contributed by atoms with Crippen LogP contribution in [0.4, 0.5) is 0 Å². The maximum Gasteiger partial charge on any atom is 2.00 e. The third kappa shape index (κ3) is 7.68. The topological polar surface area (TPSA) is 20.3 Å². The molecular formula is C29H32FeNOP+2. The van der Waals surface area contributed by atoms with Gasteiger partial charge in [-0.05, 0) is 97.6 Å². The van der Waals surface area contributed by atoms with Crippen molar-refractivity contribution in [1.82, 2.24) is 4.90 Å². The van der Waals surface area contributed by atoms with Gasteiger partial charge in [-0.25, -0.2) is 0 Å². The summed E-state index contributed by atoms with van der Waals surface area (Å²) < 4.78 is 0. The maximum absolute atomic E-state index is 13.4. The van der Waals surface area contributed by atoms with Crippen molar-refractivity contribution >= 4 is 24.4 Å². The predicted molar refractivity (Wildman–Crippen MR) is 137 cm³/mol. The Hall–Kier alpha value is -1.14. The molecule has 4 heteroatoms. The molecule has 2 aromatic carbocycles. The number of rotatable bonds is 6. The first-order valence-electron chi connectivity index (χ1n) is 11.2. The molecule has 0 atom stereocenters. The molecular weight excluding hydrogens is 465 g/mol. The minimum atomic E-state index is -0.773. The quantitative estimate of drug-likeness (QED) is 0.381. The monoisotopic (exact) mass is 497 g/mol. The molecule has 0 N–H and O–H groups in total. The maximum atomic E-state index is 13.4. The fourth-order valence-electron chi connectivity index (χ4n) is 3.89. The van der Waals surface area contributed by atoms with E-state index in [1.165, 1.54) is 10.6 Å². The Morgan fingerprint density at radius 2 is 1.09 bits per heavy atom. The minimum Gasteiger partial charge on any atom is -0.337 e. The second-order valence-corrected chi connectivity index (χ2v) is 10.4. The molecule has 2 saturated carbocycles. The van der Waals surface area contributed by atoms with Gasteiger partial charge in [0.1, 0.15) is 0 Å². The van der Waals surface area contributed by atoms with Gasteiger partial charge in [-0.1, -0.05) is 60.7 Å². The summed E-state index contributed by atoms with van der Waals surface area (Å²) in [5.41, 5.74) is 1.14. The summed E-state index contributed by atoms with van der Waals surface area (Å²) >= 11 is 0. The molecule has 4 rings (SSSR count). The fourth-order valence-corrected chi connectivity index (χ4v) is 6.33. The van der Waals surface area contributed by atoms with Crippen LogP contribution in [0.15, 0.2) is 60.7 Å². The molecule has 0 spiro atoms.